The van der Waals surface area contributed by atoms with Gasteiger partial charge in [0.05, 0.1) is 5.69 Å². The minimum atomic E-state index is -0.205. The number of rotatable bonds is 4. The van der Waals surface area contributed by atoms with Crippen LogP contribution in [0.1, 0.15) is 23.7 Å². The third kappa shape index (κ3) is 3.03. The molecule has 18 heavy (non-hydrogen) atoms. The molecule has 4 heteroatoms. The summed E-state index contributed by atoms with van der Waals surface area (Å²) in [5.41, 5.74) is 2.96. The number of hydrogen-bond donors (Lipinski definition) is 1. The van der Waals surface area contributed by atoms with Crippen LogP contribution in [0.5, 0.6) is 0 Å². The van der Waals surface area contributed by atoms with Crippen LogP contribution in [0.4, 0.5) is 10.2 Å². The Morgan fingerprint density at radius 3 is 2.61 bits per heavy atom. The summed E-state index contributed by atoms with van der Waals surface area (Å²) in [5.74, 6) is 0.527. The molecular formula is C14H16FN3. The highest BCUT2D eigenvalue weighted by Gasteiger charge is 2.01. The highest BCUT2D eigenvalue weighted by Crippen LogP contribution is 2.12. The van der Waals surface area contributed by atoms with Gasteiger partial charge in [-0.25, -0.2) is 4.39 Å². The molecule has 1 heterocycles. The molecule has 1 aromatic heterocycles. The van der Waals surface area contributed by atoms with Gasteiger partial charge in [0.1, 0.15) is 11.6 Å². The topological polar surface area (TPSA) is 37.8 Å². The second-order valence-electron chi connectivity index (χ2n) is 4.19. The second-order valence-corrected chi connectivity index (χ2v) is 4.19. The number of nitrogens with one attached hydrogen (secondary N) is 1. The highest BCUT2D eigenvalue weighted by molar-refractivity contribution is 5.36. The molecule has 0 amide bonds. The van der Waals surface area contributed by atoms with E-state index in [0.717, 1.165) is 29.1 Å². The summed E-state index contributed by atoms with van der Waals surface area (Å²) in [6, 6.07) is 8.64. The number of aryl methyl sites for hydroxylation is 2. The molecule has 0 radical (unpaired) electrons. The maximum absolute atomic E-state index is 13.0. The number of aromatic nitrogens is 2. The fourth-order valence-electron chi connectivity index (χ4n) is 1.69. The van der Waals surface area contributed by atoms with Gasteiger partial charge in [-0.05, 0) is 48.7 Å². The van der Waals surface area contributed by atoms with E-state index in [4.69, 9.17) is 0 Å². The van der Waals surface area contributed by atoms with Crippen LogP contribution in [0.2, 0.25) is 0 Å². The van der Waals surface area contributed by atoms with Crippen LogP contribution in [0, 0.1) is 12.7 Å². The zero-order chi connectivity index (χ0) is 13.0. The van der Waals surface area contributed by atoms with Crippen LogP contribution in [-0.4, -0.2) is 10.2 Å². The molecule has 0 atom stereocenters. The second kappa shape index (κ2) is 5.58. The van der Waals surface area contributed by atoms with Crippen molar-refractivity contribution in [1.29, 1.82) is 0 Å². The molecule has 94 valence electrons. The van der Waals surface area contributed by atoms with Crippen molar-refractivity contribution in [2.75, 3.05) is 5.32 Å². The van der Waals surface area contributed by atoms with Crippen molar-refractivity contribution in [3.8, 4) is 0 Å². The van der Waals surface area contributed by atoms with Crippen LogP contribution >= 0.6 is 0 Å². The Hall–Kier alpha value is -1.97. The normalized spacial score (nSPS) is 10.4. The van der Waals surface area contributed by atoms with Crippen LogP contribution < -0.4 is 5.32 Å². The lowest BCUT2D eigenvalue weighted by molar-refractivity contribution is 0.625. The minimum absolute atomic E-state index is 0.205. The van der Waals surface area contributed by atoms with Crippen molar-refractivity contribution in [3.63, 3.8) is 0 Å². The molecule has 0 aliphatic rings. The number of halogens is 1. The van der Waals surface area contributed by atoms with Crippen LogP contribution in [0.15, 0.2) is 30.3 Å². The van der Waals surface area contributed by atoms with Crippen LogP contribution in [-0.2, 0) is 13.0 Å². The van der Waals surface area contributed by atoms with Gasteiger partial charge in [-0.2, -0.15) is 5.10 Å². The van der Waals surface area contributed by atoms with Gasteiger partial charge in [0.15, 0.2) is 0 Å². The van der Waals surface area contributed by atoms with Gasteiger partial charge in [0, 0.05) is 6.54 Å². The molecule has 3 nitrogen and oxygen atoms in total. The van der Waals surface area contributed by atoms with Crippen molar-refractivity contribution in [2.45, 2.75) is 26.8 Å². The average molecular weight is 245 g/mol. The van der Waals surface area contributed by atoms with E-state index in [2.05, 4.69) is 15.5 Å². The van der Waals surface area contributed by atoms with E-state index >= 15 is 0 Å². The summed E-state index contributed by atoms with van der Waals surface area (Å²) < 4.78 is 13.0. The molecule has 0 saturated carbocycles. The van der Waals surface area contributed by atoms with Crippen molar-refractivity contribution in [1.82, 2.24) is 10.2 Å². The van der Waals surface area contributed by atoms with Crippen molar-refractivity contribution >= 4 is 5.82 Å². The molecule has 0 unspecified atom stereocenters. The van der Waals surface area contributed by atoms with E-state index in [0.29, 0.717) is 6.54 Å². The third-order valence-corrected chi connectivity index (χ3v) is 2.85. The number of hydrogen-bond acceptors (Lipinski definition) is 3. The van der Waals surface area contributed by atoms with E-state index in [1.54, 1.807) is 6.07 Å². The summed E-state index contributed by atoms with van der Waals surface area (Å²) in [6.45, 7) is 4.55. The third-order valence-electron chi connectivity index (χ3n) is 2.85. The Balaban J connectivity index is 2.02. The lowest BCUT2D eigenvalue weighted by atomic mass is 10.1. The summed E-state index contributed by atoms with van der Waals surface area (Å²) in [4.78, 5) is 0. The highest BCUT2D eigenvalue weighted by atomic mass is 19.1. The molecule has 0 bridgehead atoms. The molecular weight excluding hydrogens is 229 g/mol. The fraction of sp³-hybridized carbons (Fsp3) is 0.286. The quantitative estimate of drug-likeness (QED) is 0.899. The van der Waals surface area contributed by atoms with E-state index in [-0.39, 0.29) is 5.82 Å². The first kappa shape index (κ1) is 12.5. The number of anilines is 1. The van der Waals surface area contributed by atoms with Crippen LogP contribution in [0.25, 0.3) is 0 Å². The van der Waals surface area contributed by atoms with E-state index in [1.807, 2.05) is 26.0 Å². The van der Waals surface area contributed by atoms with Gasteiger partial charge in [-0.3, -0.25) is 0 Å². The molecule has 0 aliphatic heterocycles. The number of benzene rings is 1. The Bertz CT molecular complexity index is 523. The van der Waals surface area contributed by atoms with Crippen molar-refractivity contribution < 1.29 is 4.39 Å². The maximum Gasteiger partial charge on any atom is 0.148 e. The molecule has 0 saturated heterocycles. The predicted octanol–water partition coefficient (Wildman–Crippen LogP) is 3.10. The van der Waals surface area contributed by atoms with Gasteiger partial charge in [0.2, 0.25) is 0 Å². The zero-order valence-corrected chi connectivity index (χ0v) is 10.6. The van der Waals surface area contributed by atoms with Crippen molar-refractivity contribution in [3.05, 3.63) is 53.0 Å². The fourth-order valence-corrected chi connectivity index (χ4v) is 1.69. The van der Waals surface area contributed by atoms with Gasteiger partial charge >= 0.3 is 0 Å². The molecule has 0 spiro atoms. The molecule has 1 aromatic carbocycles. The van der Waals surface area contributed by atoms with E-state index < -0.39 is 0 Å². The van der Waals surface area contributed by atoms with Gasteiger partial charge in [-0.1, -0.05) is 13.0 Å². The summed E-state index contributed by atoms with van der Waals surface area (Å²) in [5, 5.41) is 11.3. The maximum atomic E-state index is 13.0. The standard InChI is InChI=1S/C14H16FN3/c1-3-13-6-7-14(18-17-13)16-9-11-4-5-12(15)8-10(11)2/h4-8H,3,9H2,1-2H3,(H,16,18). The monoisotopic (exact) mass is 245 g/mol. The Morgan fingerprint density at radius 1 is 1.17 bits per heavy atom. The average Bonchev–Trinajstić information content (AvgIpc) is 2.38. The van der Waals surface area contributed by atoms with Crippen molar-refractivity contribution in [2.24, 2.45) is 0 Å². The zero-order valence-electron chi connectivity index (χ0n) is 10.6. The molecule has 0 fully saturated rings. The van der Waals surface area contributed by atoms with E-state index in [9.17, 15) is 4.39 Å². The molecule has 2 aromatic rings. The van der Waals surface area contributed by atoms with Crippen LogP contribution in [0.3, 0.4) is 0 Å². The predicted molar refractivity (Wildman–Crippen MR) is 69.9 cm³/mol. The summed E-state index contributed by atoms with van der Waals surface area (Å²) in [7, 11) is 0. The Kier molecular flexibility index (Phi) is 3.87. The van der Waals surface area contributed by atoms with Gasteiger partial charge < -0.3 is 5.32 Å². The Labute approximate surface area is 106 Å². The first-order valence-corrected chi connectivity index (χ1v) is 6.00. The molecule has 1 N–H and O–H groups in total. The van der Waals surface area contributed by atoms with Gasteiger partial charge in [-0.15, -0.1) is 5.10 Å². The number of nitrogens with zero attached hydrogens (tertiary/aromatic N) is 2. The molecule has 0 aliphatic carbocycles. The smallest absolute Gasteiger partial charge is 0.148 e. The van der Waals surface area contributed by atoms with Gasteiger partial charge in [0.25, 0.3) is 0 Å². The Morgan fingerprint density at radius 2 is 2.00 bits per heavy atom. The SMILES string of the molecule is CCc1ccc(NCc2ccc(F)cc2C)nn1. The minimum Gasteiger partial charge on any atom is -0.364 e. The first-order chi connectivity index (χ1) is 8.69. The lowest BCUT2D eigenvalue weighted by Crippen LogP contribution is -2.04. The summed E-state index contributed by atoms with van der Waals surface area (Å²) in [6.07, 6.45) is 0.879. The molecule has 2 rings (SSSR count). The first-order valence-electron chi connectivity index (χ1n) is 6.00. The van der Waals surface area contributed by atoms with E-state index in [1.165, 1.54) is 12.1 Å². The summed E-state index contributed by atoms with van der Waals surface area (Å²) >= 11 is 0. The lowest BCUT2D eigenvalue weighted by Gasteiger charge is -2.08. The largest absolute Gasteiger partial charge is 0.364 e.